The molecule has 24 heavy (non-hydrogen) atoms. The summed E-state index contributed by atoms with van der Waals surface area (Å²) in [6.45, 7) is 5.09. The van der Waals surface area contributed by atoms with Gasteiger partial charge in [-0.3, -0.25) is 19.3 Å². The van der Waals surface area contributed by atoms with Crippen molar-refractivity contribution >= 4 is 23.8 Å². The number of rotatable bonds is 2. The number of fused-ring (bicyclic) bond motifs is 1. The lowest BCUT2D eigenvalue weighted by Crippen LogP contribution is -2.61. The molecular weight excluding hydrogens is 312 g/mol. The molecule has 0 aliphatic carbocycles. The molecular formula is C17H18N2O5. The largest absolute Gasteiger partial charge is 0.443 e. The van der Waals surface area contributed by atoms with E-state index in [4.69, 9.17) is 4.74 Å². The van der Waals surface area contributed by atoms with Gasteiger partial charge < -0.3 is 4.74 Å². The molecule has 0 N–H and O–H groups in total. The van der Waals surface area contributed by atoms with Crippen LogP contribution < -0.4 is 0 Å². The first kappa shape index (κ1) is 16.2. The minimum atomic E-state index is -0.750. The molecule has 2 heterocycles. The van der Waals surface area contributed by atoms with Crippen molar-refractivity contribution in [2.75, 3.05) is 6.54 Å². The van der Waals surface area contributed by atoms with Crippen molar-refractivity contribution in [1.29, 1.82) is 0 Å². The van der Waals surface area contributed by atoms with E-state index < -0.39 is 29.6 Å². The Kier molecular flexibility index (Phi) is 3.66. The quantitative estimate of drug-likeness (QED) is 0.610. The second-order valence-corrected chi connectivity index (χ2v) is 6.87. The van der Waals surface area contributed by atoms with E-state index in [1.807, 2.05) is 0 Å². The SMILES string of the molecule is CC(C)(C)OC(=O)N1C(=O)CC1CN1C(=O)c2ccccc2C1=O. The Morgan fingerprint density at radius 2 is 1.67 bits per heavy atom. The molecule has 4 amide bonds. The summed E-state index contributed by atoms with van der Waals surface area (Å²) in [5.74, 6) is -1.18. The number of carbonyl (C=O) groups is 4. The average Bonchev–Trinajstić information content (AvgIpc) is 2.70. The number of ether oxygens (including phenoxy) is 1. The van der Waals surface area contributed by atoms with Crippen molar-refractivity contribution in [3.63, 3.8) is 0 Å². The molecule has 7 heteroatoms. The van der Waals surface area contributed by atoms with Crippen LogP contribution in [0.2, 0.25) is 0 Å². The van der Waals surface area contributed by atoms with Crippen LogP contribution in [-0.2, 0) is 9.53 Å². The van der Waals surface area contributed by atoms with Crippen LogP contribution in [0.1, 0.15) is 47.9 Å². The molecule has 0 radical (unpaired) electrons. The Hall–Kier alpha value is -2.70. The van der Waals surface area contributed by atoms with E-state index >= 15 is 0 Å². The molecule has 0 spiro atoms. The van der Waals surface area contributed by atoms with E-state index in [1.165, 1.54) is 0 Å². The summed E-state index contributed by atoms with van der Waals surface area (Å²) in [6.07, 6.45) is -0.646. The van der Waals surface area contributed by atoms with Gasteiger partial charge in [0.25, 0.3) is 11.8 Å². The van der Waals surface area contributed by atoms with Crippen LogP contribution in [0, 0.1) is 0 Å². The van der Waals surface area contributed by atoms with E-state index in [0.29, 0.717) is 11.1 Å². The number of likely N-dealkylation sites (tertiary alicyclic amines) is 1. The normalized spacial score (nSPS) is 20.1. The lowest BCUT2D eigenvalue weighted by atomic mass is 10.0. The van der Waals surface area contributed by atoms with Gasteiger partial charge in [-0.1, -0.05) is 12.1 Å². The minimum Gasteiger partial charge on any atom is -0.443 e. The fraction of sp³-hybridized carbons (Fsp3) is 0.412. The lowest BCUT2D eigenvalue weighted by molar-refractivity contribution is -0.144. The third-order valence-corrected chi connectivity index (χ3v) is 3.91. The highest BCUT2D eigenvalue weighted by atomic mass is 16.6. The molecule has 126 valence electrons. The zero-order valence-electron chi connectivity index (χ0n) is 13.7. The fourth-order valence-electron chi connectivity index (χ4n) is 2.81. The standard InChI is InChI=1S/C17H18N2O5/c1-17(2,3)24-16(23)19-10(8-13(19)20)9-18-14(21)11-6-4-5-7-12(11)15(18)22/h4-7,10H,8-9H2,1-3H3. The maximum Gasteiger partial charge on any atom is 0.417 e. The highest BCUT2D eigenvalue weighted by molar-refractivity contribution is 6.21. The van der Waals surface area contributed by atoms with Crippen molar-refractivity contribution in [1.82, 2.24) is 9.80 Å². The number of hydrogen-bond acceptors (Lipinski definition) is 5. The molecule has 2 aliphatic heterocycles. The molecule has 0 aromatic heterocycles. The van der Waals surface area contributed by atoms with Gasteiger partial charge >= 0.3 is 6.09 Å². The first-order chi connectivity index (χ1) is 11.2. The van der Waals surface area contributed by atoms with Crippen molar-refractivity contribution in [3.05, 3.63) is 35.4 Å². The van der Waals surface area contributed by atoms with Gasteiger partial charge in [0, 0.05) is 0 Å². The number of imide groups is 2. The van der Waals surface area contributed by atoms with Crippen LogP contribution in [0.15, 0.2) is 24.3 Å². The number of benzene rings is 1. The van der Waals surface area contributed by atoms with Crippen LogP contribution in [0.3, 0.4) is 0 Å². The number of nitrogens with zero attached hydrogens (tertiary/aromatic N) is 2. The number of hydrogen-bond donors (Lipinski definition) is 0. The van der Waals surface area contributed by atoms with Gasteiger partial charge in [0.2, 0.25) is 5.91 Å². The van der Waals surface area contributed by atoms with Crippen LogP contribution in [-0.4, -0.2) is 51.8 Å². The molecule has 1 aromatic rings. The molecule has 0 bridgehead atoms. The molecule has 1 unspecified atom stereocenters. The zero-order chi connectivity index (χ0) is 17.6. The summed E-state index contributed by atoms with van der Waals surface area (Å²) in [7, 11) is 0. The maximum atomic E-state index is 12.4. The third kappa shape index (κ3) is 2.66. The van der Waals surface area contributed by atoms with E-state index in [-0.39, 0.29) is 18.9 Å². The molecule has 1 atom stereocenters. The van der Waals surface area contributed by atoms with Gasteiger partial charge in [0.05, 0.1) is 30.1 Å². The van der Waals surface area contributed by atoms with Crippen LogP contribution in [0.5, 0.6) is 0 Å². The smallest absolute Gasteiger partial charge is 0.417 e. The first-order valence-electron chi connectivity index (χ1n) is 7.69. The van der Waals surface area contributed by atoms with Gasteiger partial charge in [0.15, 0.2) is 0 Å². The Bertz CT molecular complexity index is 715. The molecule has 1 fully saturated rings. The van der Waals surface area contributed by atoms with Gasteiger partial charge in [-0.2, -0.15) is 0 Å². The van der Waals surface area contributed by atoms with Crippen LogP contribution in [0.4, 0.5) is 4.79 Å². The average molecular weight is 330 g/mol. The van der Waals surface area contributed by atoms with E-state index in [1.54, 1.807) is 45.0 Å². The van der Waals surface area contributed by atoms with Crippen LogP contribution >= 0.6 is 0 Å². The summed E-state index contributed by atoms with van der Waals surface area (Å²) >= 11 is 0. The van der Waals surface area contributed by atoms with Gasteiger partial charge in [0.1, 0.15) is 5.60 Å². The number of amides is 4. The Balaban J connectivity index is 1.73. The molecule has 1 aromatic carbocycles. The maximum absolute atomic E-state index is 12.4. The van der Waals surface area contributed by atoms with Crippen molar-refractivity contribution in [2.45, 2.75) is 38.8 Å². The third-order valence-electron chi connectivity index (χ3n) is 3.91. The Morgan fingerprint density at radius 1 is 1.12 bits per heavy atom. The number of carbonyl (C=O) groups excluding carboxylic acids is 4. The topological polar surface area (TPSA) is 84.0 Å². The number of β-lactam (4-membered cyclic amide) rings is 1. The van der Waals surface area contributed by atoms with Gasteiger partial charge in [-0.15, -0.1) is 0 Å². The predicted octanol–water partition coefficient (Wildman–Crippen LogP) is 1.82. The Labute approximate surface area is 139 Å². The first-order valence-corrected chi connectivity index (χ1v) is 7.69. The second-order valence-electron chi connectivity index (χ2n) is 6.87. The highest BCUT2D eigenvalue weighted by Gasteiger charge is 2.46. The molecule has 1 saturated heterocycles. The minimum absolute atomic E-state index is 0.0165. The predicted molar refractivity (Wildman–Crippen MR) is 83.3 cm³/mol. The van der Waals surface area contributed by atoms with Crippen molar-refractivity contribution in [2.24, 2.45) is 0 Å². The van der Waals surface area contributed by atoms with E-state index in [9.17, 15) is 19.2 Å². The lowest BCUT2D eigenvalue weighted by Gasteiger charge is -2.40. The van der Waals surface area contributed by atoms with Crippen molar-refractivity contribution in [3.8, 4) is 0 Å². The van der Waals surface area contributed by atoms with Crippen LogP contribution in [0.25, 0.3) is 0 Å². The van der Waals surface area contributed by atoms with E-state index in [0.717, 1.165) is 9.80 Å². The summed E-state index contributed by atoms with van der Waals surface area (Å²) < 4.78 is 5.20. The summed E-state index contributed by atoms with van der Waals surface area (Å²) in [5, 5.41) is 0. The van der Waals surface area contributed by atoms with Gasteiger partial charge in [-0.25, -0.2) is 9.69 Å². The van der Waals surface area contributed by atoms with Gasteiger partial charge in [-0.05, 0) is 32.9 Å². The monoisotopic (exact) mass is 330 g/mol. The molecule has 7 nitrogen and oxygen atoms in total. The summed E-state index contributed by atoms with van der Waals surface area (Å²) in [5.41, 5.74) is -0.0403. The van der Waals surface area contributed by atoms with E-state index in [2.05, 4.69) is 0 Å². The fourth-order valence-corrected chi connectivity index (χ4v) is 2.81. The van der Waals surface area contributed by atoms with Crippen molar-refractivity contribution < 1.29 is 23.9 Å². The molecule has 2 aliphatic rings. The highest BCUT2D eigenvalue weighted by Crippen LogP contribution is 2.28. The molecule has 3 rings (SSSR count). The summed E-state index contributed by atoms with van der Waals surface area (Å²) in [6, 6.07) is 6.01. The second kappa shape index (κ2) is 5.43. The molecule has 0 saturated carbocycles. The zero-order valence-corrected chi connectivity index (χ0v) is 13.7. The summed E-state index contributed by atoms with van der Waals surface area (Å²) in [4.78, 5) is 50.6. The Morgan fingerprint density at radius 3 is 2.12 bits per heavy atom.